The van der Waals surface area contributed by atoms with E-state index in [4.69, 9.17) is 4.74 Å². The molecule has 0 aliphatic carbocycles. The Morgan fingerprint density at radius 2 is 2.47 bits per heavy atom. The largest absolute Gasteiger partial charge is 0.371 e. The number of alkyl halides is 1. The van der Waals surface area contributed by atoms with E-state index in [1.165, 1.54) is 0 Å². The molecule has 1 amide bonds. The molecule has 17 heavy (non-hydrogen) atoms. The van der Waals surface area contributed by atoms with E-state index in [9.17, 15) is 4.79 Å². The smallest absolute Gasteiger partial charge is 0.228 e. The second-order valence-electron chi connectivity index (χ2n) is 4.28. The number of hydrogen-bond donors (Lipinski definition) is 0. The van der Waals surface area contributed by atoms with Gasteiger partial charge in [-0.15, -0.1) is 11.3 Å². The standard InChI is InChI=1S/C12H16BrNO2S/c1-9-7-14(8-10(6-13)16-9)12(15)5-11-3-2-4-17-11/h2-4,9-10H,5-8H2,1H3. The molecule has 1 saturated heterocycles. The van der Waals surface area contributed by atoms with Crippen molar-refractivity contribution in [2.45, 2.75) is 25.6 Å². The quantitative estimate of drug-likeness (QED) is 0.801. The number of carbonyl (C=O) groups is 1. The second kappa shape index (κ2) is 5.98. The van der Waals surface area contributed by atoms with Gasteiger partial charge in [-0.05, 0) is 18.4 Å². The Bertz CT molecular complexity index is 369. The van der Waals surface area contributed by atoms with Gasteiger partial charge in [0, 0.05) is 23.3 Å². The van der Waals surface area contributed by atoms with Crippen molar-refractivity contribution in [3.8, 4) is 0 Å². The highest BCUT2D eigenvalue weighted by atomic mass is 79.9. The molecule has 94 valence electrons. The number of ether oxygens (including phenoxy) is 1. The highest BCUT2D eigenvalue weighted by molar-refractivity contribution is 9.09. The molecule has 0 saturated carbocycles. The van der Waals surface area contributed by atoms with Crippen molar-refractivity contribution in [2.24, 2.45) is 0 Å². The molecule has 3 nitrogen and oxygen atoms in total. The van der Waals surface area contributed by atoms with Gasteiger partial charge in [0.05, 0.1) is 18.6 Å². The Morgan fingerprint density at radius 3 is 3.12 bits per heavy atom. The number of morpholine rings is 1. The molecule has 1 aliphatic rings. The summed E-state index contributed by atoms with van der Waals surface area (Å²) in [6, 6.07) is 3.99. The molecule has 2 atom stereocenters. The second-order valence-corrected chi connectivity index (χ2v) is 5.96. The monoisotopic (exact) mass is 317 g/mol. The van der Waals surface area contributed by atoms with E-state index in [1.807, 2.05) is 29.3 Å². The molecule has 0 N–H and O–H groups in total. The van der Waals surface area contributed by atoms with Crippen LogP contribution in [0, 0.1) is 0 Å². The Kier molecular flexibility index (Phi) is 4.59. The third-order valence-electron chi connectivity index (χ3n) is 2.76. The minimum absolute atomic E-state index is 0.117. The molecule has 1 aliphatic heterocycles. The van der Waals surface area contributed by atoms with Crippen LogP contribution in [0.5, 0.6) is 0 Å². The maximum atomic E-state index is 12.1. The van der Waals surface area contributed by atoms with Crippen LogP contribution in [0.15, 0.2) is 17.5 Å². The summed E-state index contributed by atoms with van der Waals surface area (Å²) in [6.07, 6.45) is 0.754. The van der Waals surface area contributed by atoms with Crippen LogP contribution < -0.4 is 0 Å². The molecule has 1 aromatic heterocycles. The average molecular weight is 318 g/mol. The summed E-state index contributed by atoms with van der Waals surface area (Å²) in [5, 5.41) is 2.78. The minimum atomic E-state index is 0.117. The molecule has 2 heterocycles. The maximum absolute atomic E-state index is 12.1. The molecule has 1 fully saturated rings. The van der Waals surface area contributed by atoms with E-state index in [1.54, 1.807) is 11.3 Å². The van der Waals surface area contributed by atoms with Crippen molar-refractivity contribution in [3.63, 3.8) is 0 Å². The predicted molar refractivity (Wildman–Crippen MR) is 72.7 cm³/mol. The van der Waals surface area contributed by atoms with E-state index in [0.29, 0.717) is 19.5 Å². The molecular weight excluding hydrogens is 302 g/mol. The molecule has 0 spiro atoms. The molecule has 0 radical (unpaired) electrons. The topological polar surface area (TPSA) is 29.5 Å². The van der Waals surface area contributed by atoms with Gasteiger partial charge in [-0.25, -0.2) is 0 Å². The fourth-order valence-corrected chi connectivity index (χ4v) is 3.06. The molecule has 2 unspecified atom stereocenters. The fourth-order valence-electron chi connectivity index (χ4n) is 2.01. The highest BCUT2D eigenvalue weighted by Crippen LogP contribution is 2.16. The zero-order chi connectivity index (χ0) is 12.3. The van der Waals surface area contributed by atoms with Crippen molar-refractivity contribution in [2.75, 3.05) is 18.4 Å². The van der Waals surface area contributed by atoms with Crippen LogP contribution in [0.2, 0.25) is 0 Å². The molecule has 5 heteroatoms. The van der Waals surface area contributed by atoms with Crippen LogP contribution >= 0.6 is 27.3 Å². The SMILES string of the molecule is CC1CN(C(=O)Cc2cccs2)CC(CBr)O1. The molecule has 0 bridgehead atoms. The molecule has 2 rings (SSSR count). The van der Waals surface area contributed by atoms with Crippen LogP contribution in [0.1, 0.15) is 11.8 Å². The number of carbonyl (C=O) groups excluding carboxylic acids is 1. The van der Waals surface area contributed by atoms with E-state index >= 15 is 0 Å². The first-order valence-corrected chi connectivity index (χ1v) is 7.70. The van der Waals surface area contributed by atoms with Gasteiger partial charge in [-0.3, -0.25) is 4.79 Å². The number of halogens is 1. The van der Waals surface area contributed by atoms with Gasteiger partial charge in [0.15, 0.2) is 0 Å². The lowest BCUT2D eigenvalue weighted by Gasteiger charge is -2.36. The van der Waals surface area contributed by atoms with Crippen molar-refractivity contribution < 1.29 is 9.53 Å². The van der Waals surface area contributed by atoms with E-state index in [2.05, 4.69) is 15.9 Å². The first kappa shape index (κ1) is 13.1. The number of thiophene rings is 1. The Balaban J connectivity index is 1.94. The van der Waals surface area contributed by atoms with Gasteiger partial charge in [-0.2, -0.15) is 0 Å². The van der Waals surface area contributed by atoms with E-state index < -0.39 is 0 Å². The number of amides is 1. The van der Waals surface area contributed by atoms with Crippen LogP contribution in [0.4, 0.5) is 0 Å². The summed E-state index contributed by atoms with van der Waals surface area (Å²) < 4.78 is 5.71. The summed E-state index contributed by atoms with van der Waals surface area (Å²) in [6.45, 7) is 3.41. The number of hydrogen-bond acceptors (Lipinski definition) is 3. The zero-order valence-electron chi connectivity index (χ0n) is 9.77. The Hall–Kier alpha value is -0.390. The molecule has 1 aromatic rings. The average Bonchev–Trinajstić information content (AvgIpc) is 2.81. The van der Waals surface area contributed by atoms with Gasteiger partial charge in [0.25, 0.3) is 0 Å². The zero-order valence-corrected chi connectivity index (χ0v) is 12.2. The Labute approximate surface area is 114 Å². The van der Waals surface area contributed by atoms with Gasteiger partial charge in [0.1, 0.15) is 0 Å². The summed E-state index contributed by atoms with van der Waals surface area (Å²) in [4.78, 5) is 15.2. The van der Waals surface area contributed by atoms with E-state index in [0.717, 1.165) is 10.2 Å². The van der Waals surface area contributed by atoms with Crippen LogP contribution in [-0.4, -0.2) is 41.4 Å². The van der Waals surface area contributed by atoms with E-state index in [-0.39, 0.29) is 18.1 Å². The highest BCUT2D eigenvalue weighted by Gasteiger charge is 2.27. The summed E-state index contributed by atoms with van der Waals surface area (Å²) in [7, 11) is 0. The minimum Gasteiger partial charge on any atom is -0.371 e. The Morgan fingerprint density at radius 1 is 1.65 bits per heavy atom. The lowest BCUT2D eigenvalue weighted by atomic mass is 10.2. The molecular formula is C12H16BrNO2S. The van der Waals surface area contributed by atoms with Crippen molar-refractivity contribution in [1.82, 2.24) is 4.90 Å². The summed E-state index contributed by atoms with van der Waals surface area (Å²) in [5.74, 6) is 0.202. The van der Waals surface area contributed by atoms with Crippen molar-refractivity contribution >= 4 is 33.2 Å². The normalized spacial score (nSPS) is 24.9. The summed E-state index contributed by atoms with van der Waals surface area (Å²) >= 11 is 5.05. The van der Waals surface area contributed by atoms with Crippen LogP contribution in [-0.2, 0) is 16.0 Å². The predicted octanol–water partition coefficient (Wildman–Crippen LogP) is 2.30. The fraction of sp³-hybridized carbons (Fsp3) is 0.583. The lowest BCUT2D eigenvalue weighted by Crippen LogP contribution is -2.50. The van der Waals surface area contributed by atoms with Crippen molar-refractivity contribution in [1.29, 1.82) is 0 Å². The van der Waals surface area contributed by atoms with Crippen molar-refractivity contribution in [3.05, 3.63) is 22.4 Å². The van der Waals surface area contributed by atoms with Gasteiger partial charge >= 0.3 is 0 Å². The number of nitrogens with zero attached hydrogens (tertiary/aromatic N) is 1. The third-order valence-corrected chi connectivity index (χ3v) is 4.36. The molecule has 0 aromatic carbocycles. The first-order chi connectivity index (χ1) is 8.19. The summed E-state index contributed by atoms with van der Waals surface area (Å²) in [5.41, 5.74) is 0. The van der Waals surface area contributed by atoms with Crippen LogP contribution in [0.25, 0.3) is 0 Å². The van der Waals surface area contributed by atoms with Gasteiger partial charge in [0.2, 0.25) is 5.91 Å². The first-order valence-electron chi connectivity index (χ1n) is 5.70. The van der Waals surface area contributed by atoms with Crippen LogP contribution in [0.3, 0.4) is 0 Å². The third kappa shape index (κ3) is 3.53. The van der Waals surface area contributed by atoms with Gasteiger partial charge < -0.3 is 9.64 Å². The van der Waals surface area contributed by atoms with Gasteiger partial charge in [-0.1, -0.05) is 22.0 Å². The lowest BCUT2D eigenvalue weighted by molar-refractivity contribution is -0.142. The number of rotatable bonds is 3. The maximum Gasteiger partial charge on any atom is 0.228 e.